The highest BCUT2D eigenvalue weighted by molar-refractivity contribution is 5.25. The van der Waals surface area contributed by atoms with Crippen LogP contribution >= 0.6 is 0 Å². The fraction of sp³-hybridized carbons (Fsp3) is 0.926. The van der Waals surface area contributed by atoms with Crippen LogP contribution in [0, 0.1) is 46.3 Å². The molecular formula is C27H46O. The molecule has 0 radical (unpaired) electrons. The molecule has 3 fully saturated rings. The molecule has 4 rings (SSSR count). The monoisotopic (exact) mass is 390 g/mol. The van der Waals surface area contributed by atoms with Gasteiger partial charge < -0.3 is 5.11 Å². The van der Waals surface area contributed by atoms with Gasteiger partial charge >= 0.3 is 0 Å². The average Bonchev–Trinajstić information content (AvgIpc) is 3.04. The van der Waals surface area contributed by atoms with Crippen LogP contribution in [-0.2, 0) is 0 Å². The molecule has 0 amide bonds. The lowest BCUT2D eigenvalue weighted by Crippen LogP contribution is -2.50. The van der Waals surface area contributed by atoms with Crippen molar-refractivity contribution in [2.75, 3.05) is 0 Å². The maximum absolute atomic E-state index is 10.2. The van der Waals surface area contributed by atoms with Crippen molar-refractivity contribution in [2.45, 2.75) is 111 Å². The van der Waals surface area contributed by atoms with Crippen LogP contribution in [0.4, 0.5) is 0 Å². The fourth-order valence-corrected chi connectivity index (χ4v) is 8.51. The van der Waals surface area contributed by atoms with Crippen molar-refractivity contribution >= 4 is 0 Å². The molecule has 0 aromatic heterocycles. The first-order valence-corrected chi connectivity index (χ1v) is 12.2. The lowest BCUT2D eigenvalue weighted by Gasteiger charge is -2.58. The van der Waals surface area contributed by atoms with E-state index in [2.05, 4.69) is 26.8 Å². The van der Waals surface area contributed by atoms with Crippen LogP contribution in [0.15, 0.2) is 11.6 Å². The van der Waals surface area contributed by atoms with Crippen molar-refractivity contribution in [1.29, 1.82) is 0 Å². The predicted molar refractivity (Wildman–Crippen MR) is 119 cm³/mol. The Bertz CT molecular complexity index is 728. The van der Waals surface area contributed by atoms with Gasteiger partial charge in [0.2, 0.25) is 0 Å². The van der Waals surface area contributed by atoms with Gasteiger partial charge in [-0.05, 0) is 97.7 Å². The average molecular weight is 391 g/mol. The summed E-state index contributed by atoms with van der Waals surface area (Å²) in [5.74, 6) is 2.38. The molecule has 0 bridgehead atoms. The molecule has 0 aliphatic heterocycles. The highest BCUT2D eigenvalue weighted by atomic mass is 16.3. The van der Waals surface area contributed by atoms with Crippen LogP contribution in [0.5, 0.6) is 0 Å². The minimum Gasteiger partial charge on any atom is -0.393 e. The number of hydrogen-bond acceptors (Lipinski definition) is 1. The summed E-state index contributed by atoms with van der Waals surface area (Å²) in [5, 5.41) is 10.2. The van der Waals surface area contributed by atoms with Crippen molar-refractivity contribution in [3.05, 3.63) is 11.6 Å². The summed E-state index contributed by atoms with van der Waals surface area (Å²) in [6.45, 7) is 6.85. The number of aliphatic hydroxyl groups excluding tert-OH is 1. The minimum absolute atomic E-state index is 0.132. The highest BCUT2D eigenvalue weighted by Gasteiger charge is 2.59. The summed E-state index contributed by atoms with van der Waals surface area (Å²) >= 11 is 0. The van der Waals surface area contributed by atoms with E-state index in [0.29, 0.717) is 23.2 Å². The maximum atomic E-state index is 10.2. The quantitative estimate of drug-likeness (QED) is 0.485. The first-order valence-electron chi connectivity index (χ1n) is 14.2. The molecule has 0 spiro atoms. The fourth-order valence-electron chi connectivity index (χ4n) is 8.51. The second kappa shape index (κ2) is 7.75. The molecule has 0 aromatic rings. The Morgan fingerprint density at radius 1 is 1.14 bits per heavy atom. The Kier molecular flexibility index (Phi) is 4.54. The van der Waals surface area contributed by atoms with E-state index < -0.39 is 12.7 Å². The summed E-state index contributed by atoms with van der Waals surface area (Å²) < 4.78 is 31.2. The number of aliphatic hydroxyl groups is 1. The van der Waals surface area contributed by atoms with Crippen molar-refractivity contribution in [2.24, 2.45) is 46.3 Å². The van der Waals surface area contributed by atoms with E-state index in [-0.39, 0.29) is 6.10 Å². The molecule has 0 aromatic carbocycles. The van der Waals surface area contributed by atoms with Crippen LogP contribution in [0.25, 0.3) is 0 Å². The first kappa shape index (κ1) is 16.4. The molecule has 3 saturated carbocycles. The molecule has 9 atom stereocenters. The third-order valence-electron chi connectivity index (χ3n) is 10.0. The van der Waals surface area contributed by atoms with Gasteiger partial charge in [0.25, 0.3) is 0 Å². The molecule has 1 unspecified atom stereocenters. The number of rotatable bonds is 5. The topological polar surface area (TPSA) is 20.2 Å². The van der Waals surface area contributed by atoms with Crippen molar-refractivity contribution in [3.8, 4) is 0 Å². The van der Waals surface area contributed by atoms with E-state index in [0.717, 1.165) is 55.8 Å². The third kappa shape index (κ3) is 3.42. The van der Waals surface area contributed by atoms with E-state index >= 15 is 0 Å². The molecular weight excluding hydrogens is 340 g/mol. The van der Waals surface area contributed by atoms with Crippen LogP contribution in [0.1, 0.15) is 111 Å². The highest BCUT2D eigenvalue weighted by Crippen LogP contribution is 2.67. The normalized spacial score (nSPS) is 51.2. The molecule has 0 heterocycles. The smallest absolute Gasteiger partial charge is 0.0577 e. The van der Waals surface area contributed by atoms with Gasteiger partial charge in [-0.1, -0.05) is 65.5 Å². The number of fused-ring (bicyclic) bond motifs is 5. The van der Waals surface area contributed by atoms with Gasteiger partial charge in [0.15, 0.2) is 0 Å². The second-order valence-corrected chi connectivity index (χ2v) is 11.5. The number of allylic oxidation sites excluding steroid dienone is 1. The van der Waals surface area contributed by atoms with E-state index in [1.54, 1.807) is 12.5 Å². The molecule has 1 N–H and O–H groups in total. The Balaban J connectivity index is 1.43. The molecule has 28 heavy (non-hydrogen) atoms. The van der Waals surface area contributed by atoms with Crippen LogP contribution in [0.3, 0.4) is 0 Å². The van der Waals surface area contributed by atoms with E-state index in [9.17, 15) is 5.11 Å². The summed E-state index contributed by atoms with van der Waals surface area (Å²) in [5.41, 5.74) is 2.27. The first-order chi connectivity index (χ1) is 14.8. The Morgan fingerprint density at radius 2 is 1.96 bits per heavy atom. The minimum atomic E-state index is -2.20. The Hall–Kier alpha value is -0.300. The van der Waals surface area contributed by atoms with E-state index in [1.165, 1.54) is 32.1 Å². The van der Waals surface area contributed by atoms with Gasteiger partial charge in [-0.25, -0.2) is 0 Å². The van der Waals surface area contributed by atoms with Crippen molar-refractivity contribution in [3.63, 3.8) is 0 Å². The van der Waals surface area contributed by atoms with Gasteiger partial charge in [0.1, 0.15) is 0 Å². The standard InChI is InChI=1S/C27H46O/c1-18(2)7-6-8-19(3)23-11-12-24-22-10-9-20-17-21(28)13-15-26(20,4)25(22)14-16-27(23,24)5/h9,18-19,21-25,28H,6-8,10-17H2,1-5H3/t19-,21+,22+,23-,24+,25+,26+,27-/m1/s1/i1D3,18D/t18?,19-,21+,22+,23-,24+,25+,26+,27-. The van der Waals surface area contributed by atoms with Gasteiger partial charge in [0.05, 0.1) is 6.10 Å². The molecule has 4 aliphatic rings. The predicted octanol–water partition coefficient (Wildman–Crippen LogP) is 7.39. The Morgan fingerprint density at radius 3 is 2.75 bits per heavy atom. The SMILES string of the molecule is [2H]C([2H])([2H])C([2H])(C)CCC[C@@H](C)[C@H]1CC[C@H]2[C@@H]3CC=C4C[C@@H](O)CC[C@]4(C)[C@H]3CC[C@]12C. The molecule has 1 nitrogen and oxygen atoms in total. The largest absolute Gasteiger partial charge is 0.393 e. The van der Waals surface area contributed by atoms with Crippen LogP contribution < -0.4 is 0 Å². The van der Waals surface area contributed by atoms with Gasteiger partial charge in [0, 0.05) is 5.48 Å². The third-order valence-corrected chi connectivity index (χ3v) is 10.0. The van der Waals surface area contributed by atoms with Crippen LogP contribution in [0.2, 0.25) is 0 Å². The maximum Gasteiger partial charge on any atom is 0.0577 e. The zero-order valence-corrected chi connectivity index (χ0v) is 18.8. The summed E-state index contributed by atoms with van der Waals surface area (Å²) in [4.78, 5) is 0. The van der Waals surface area contributed by atoms with Gasteiger partial charge in [-0.3, -0.25) is 0 Å². The van der Waals surface area contributed by atoms with Gasteiger partial charge in [-0.15, -0.1) is 0 Å². The summed E-state index contributed by atoms with van der Waals surface area (Å²) in [6, 6.07) is 0. The van der Waals surface area contributed by atoms with E-state index in [1.807, 2.05) is 0 Å². The van der Waals surface area contributed by atoms with Crippen molar-refractivity contribution < 1.29 is 10.6 Å². The van der Waals surface area contributed by atoms with Crippen LogP contribution in [-0.4, -0.2) is 11.2 Å². The zero-order valence-electron chi connectivity index (χ0n) is 22.8. The van der Waals surface area contributed by atoms with E-state index in [4.69, 9.17) is 5.48 Å². The lowest BCUT2D eigenvalue weighted by atomic mass is 9.47. The molecule has 1 heteroatoms. The second-order valence-electron chi connectivity index (χ2n) is 11.5. The summed E-state index contributed by atoms with van der Waals surface area (Å²) in [6.07, 6.45) is 14.3. The van der Waals surface area contributed by atoms with Crippen molar-refractivity contribution in [1.82, 2.24) is 0 Å². The molecule has 0 saturated heterocycles. The molecule has 160 valence electrons. The molecule has 4 aliphatic carbocycles. The Labute approximate surface area is 180 Å². The zero-order chi connectivity index (χ0) is 23.5. The lowest BCUT2D eigenvalue weighted by molar-refractivity contribution is -0.0573. The number of hydrogen-bond donors (Lipinski definition) is 1. The summed E-state index contributed by atoms with van der Waals surface area (Å²) in [7, 11) is 0. The van der Waals surface area contributed by atoms with Gasteiger partial charge in [-0.2, -0.15) is 0 Å².